The van der Waals surface area contributed by atoms with Gasteiger partial charge in [0.25, 0.3) is 5.91 Å². The zero-order chi connectivity index (χ0) is 20.0. The van der Waals surface area contributed by atoms with Crippen molar-refractivity contribution in [3.05, 3.63) is 53.2 Å². The number of phenolic OH excluding ortho intramolecular Hbond substituents is 1. The summed E-state index contributed by atoms with van der Waals surface area (Å²) in [4.78, 5) is 24.0. The van der Waals surface area contributed by atoms with Gasteiger partial charge in [-0.3, -0.25) is 4.79 Å². The van der Waals surface area contributed by atoms with E-state index >= 15 is 0 Å². The molecule has 0 aliphatic carbocycles. The molecular weight excluding hydrogens is 354 g/mol. The molecule has 0 aliphatic heterocycles. The van der Waals surface area contributed by atoms with Crippen LogP contribution in [0, 0.1) is 0 Å². The fraction of sp³-hybridized carbons (Fsp3) is 0.158. The number of nitrogens with one attached hydrogen (secondary N) is 1. The molecule has 142 valence electrons. The first-order chi connectivity index (χ1) is 12.9. The van der Waals surface area contributed by atoms with E-state index in [9.17, 15) is 19.8 Å². The summed E-state index contributed by atoms with van der Waals surface area (Å²) in [5, 5.41) is 21.0. The van der Waals surface area contributed by atoms with Crippen molar-refractivity contribution in [3.8, 4) is 23.0 Å². The third-order valence-electron chi connectivity index (χ3n) is 3.61. The zero-order valence-electron chi connectivity index (χ0n) is 15.0. The molecule has 0 atom stereocenters. The van der Waals surface area contributed by atoms with Gasteiger partial charge in [-0.15, -0.1) is 0 Å². The fourth-order valence-electron chi connectivity index (χ4n) is 2.30. The normalized spacial score (nSPS) is 10.9. The van der Waals surface area contributed by atoms with Crippen molar-refractivity contribution >= 4 is 18.0 Å². The van der Waals surface area contributed by atoms with E-state index in [1.807, 2.05) is 0 Å². The smallest absolute Gasteiger partial charge is 0.352 e. The summed E-state index contributed by atoms with van der Waals surface area (Å²) >= 11 is 0. The van der Waals surface area contributed by atoms with E-state index in [2.05, 4.69) is 5.32 Å². The number of carbonyl (C=O) groups is 2. The number of carbonyl (C=O) groups excluding carboxylic acids is 1. The van der Waals surface area contributed by atoms with Crippen molar-refractivity contribution in [1.82, 2.24) is 5.32 Å². The molecule has 0 bridgehead atoms. The van der Waals surface area contributed by atoms with E-state index in [-0.39, 0.29) is 28.5 Å². The lowest BCUT2D eigenvalue weighted by Gasteiger charge is -2.14. The number of aromatic hydroxyl groups is 1. The second-order valence-electron chi connectivity index (χ2n) is 5.32. The zero-order valence-corrected chi connectivity index (χ0v) is 15.0. The number of hydrogen-bond donors (Lipinski definition) is 3. The van der Waals surface area contributed by atoms with Crippen LogP contribution in [0.25, 0.3) is 6.08 Å². The number of phenols is 1. The average Bonchev–Trinajstić information content (AvgIpc) is 2.67. The third kappa shape index (κ3) is 4.69. The molecule has 8 heteroatoms. The third-order valence-corrected chi connectivity index (χ3v) is 3.61. The van der Waals surface area contributed by atoms with Crippen molar-refractivity contribution in [2.75, 3.05) is 21.3 Å². The van der Waals surface area contributed by atoms with Crippen LogP contribution in [0.2, 0.25) is 0 Å². The number of carboxylic acids is 1. The first kappa shape index (κ1) is 19.6. The highest BCUT2D eigenvalue weighted by molar-refractivity contribution is 6.03. The molecule has 0 saturated carbocycles. The maximum absolute atomic E-state index is 12.5. The van der Waals surface area contributed by atoms with Gasteiger partial charge in [0.05, 0.1) is 21.3 Å². The summed E-state index contributed by atoms with van der Waals surface area (Å²) in [5.41, 5.74) is 0.289. The van der Waals surface area contributed by atoms with Gasteiger partial charge >= 0.3 is 5.97 Å². The van der Waals surface area contributed by atoms with Crippen molar-refractivity contribution < 1.29 is 34.0 Å². The number of carboxylic acid groups (broad SMARTS) is 1. The quantitative estimate of drug-likeness (QED) is 0.638. The van der Waals surface area contributed by atoms with Crippen LogP contribution in [-0.2, 0) is 4.79 Å². The molecule has 0 radical (unpaired) electrons. The maximum Gasteiger partial charge on any atom is 0.352 e. The van der Waals surface area contributed by atoms with E-state index in [0.29, 0.717) is 11.3 Å². The van der Waals surface area contributed by atoms with Crippen LogP contribution in [-0.4, -0.2) is 43.4 Å². The molecule has 2 aromatic rings. The molecule has 0 spiro atoms. The molecule has 1 amide bonds. The Hall–Kier alpha value is -3.68. The summed E-state index contributed by atoms with van der Waals surface area (Å²) in [6.45, 7) is 0. The van der Waals surface area contributed by atoms with Gasteiger partial charge in [0.1, 0.15) is 11.4 Å². The lowest BCUT2D eigenvalue weighted by atomic mass is 10.1. The van der Waals surface area contributed by atoms with E-state index < -0.39 is 11.9 Å². The minimum absolute atomic E-state index is 0.0467. The summed E-state index contributed by atoms with van der Waals surface area (Å²) in [7, 11) is 4.25. The molecular formula is C19H19NO7. The van der Waals surface area contributed by atoms with Crippen molar-refractivity contribution in [2.24, 2.45) is 0 Å². The number of benzene rings is 2. The molecule has 8 nitrogen and oxygen atoms in total. The Morgan fingerprint density at radius 1 is 0.963 bits per heavy atom. The van der Waals surface area contributed by atoms with Gasteiger partial charge in [-0.1, -0.05) is 12.1 Å². The predicted molar refractivity (Wildman–Crippen MR) is 97.3 cm³/mol. The molecule has 0 heterocycles. The Labute approximate surface area is 155 Å². The van der Waals surface area contributed by atoms with E-state index in [0.717, 1.165) is 0 Å². The Morgan fingerprint density at radius 3 is 1.96 bits per heavy atom. The van der Waals surface area contributed by atoms with Crippen LogP contribution >= 0.6 is 0 Å². The second kappa shape index (κ2) is 8.61. The number of rotatable bonds is 7. The molecule has 27 heavy (non-hydrogen) atoms. The van der Waals surface area contributed by atoms with Gasteiger partial charge in [0, 0.05) is 5.56 Å². The lowest BCUT2D eigenvalue weighted by molar-refractivity contribution is -0.132. The molecule has 0 fully saturated rings. The van der Waals surface area contributed by atoms with Crippen LogP contribution in [0.4, 0.5) is 0 Å². The SMILES string of the molecule is COc1cc(C(=O)N/C(=C/c2ccc(O)cc2)C(=O)O)cc(OC)c1OC. The number of amides is 1. The van der Waals surface area contributed by atoms with Gasteiger partial charge in [-0.2, -0.15) is 0 Å². The largest absolute Gasteiger partial charge is 0.508 e. The van der Waals surface area contributed by atoms with Gasteiger partial charge < -0.3 is 29.7 Å². The van der Waals surface area contributed by atoms with Crippen LogP contribution in [0.3, 0.4) is 0 Å². The number of hydrogen-bond acceptors (Lipinski definition) is 6. The van der Waals surface area contributed by atoms with Crippen molar-refractivity contribution in [1.29, 1.82) is 0 Å². The van der Waals surface area contributed by atoms with Gasteiger partial charge in [-0.25, -0.2) is 4.79 Å². The molecule has 0 saturated heterocycles. The van der Waals surface area contributed by atoms with Crippen LogP contribution in [0.1, 0.15) is 15.9 Å². The molecule has 0 aliphatic rings. The first-order valence-corrected chi connectivity index (χ1v) is 7.75. The topological polar surface area (TPSA) is 114 Å². The summed E-state index contributed by atoms with van der Waals surface area (Å²) in [5.74, 6) is -1.09. The van der Waals surface area contributed by atoms with E-state index in [1.54, 1.807) is 0 Å². The Morgan fingerprint density at radius 2 is 1.52 bits per heavy atom. The van der Waals surface area contributed by atoms with Crippen LogP contribution in [0.15, 0.2) is 42.1 Å². The monoisotopic (exact) mass is 373 g/mol. The molecule has 0 aromatic heterocycles. The van der Waals surface area contributed by atoms with Gasteiger partial charge in [0.15, 0.2) is 11.5 Å². The highest BCUT2D eigenvalue weighted by Gasteiger charge is 2.19. The van der Waals surface area contributed by atoms with Crippen molar-refractivity contribution in [2.45, 2.75) is 0 Å². The molecule has 2 rings (SSSR count). The maximum atomic E-state index is 12.5. The second-order valence-corrected chi connectivity index (χ2v) is 5.32. The average molecular weight is 373 g/mol. The number of aliphatic carboxylic acids is 1. The fourth-order valence-corrected chi connectivity index (χ4v) is 2.30. The Bertz CT molecular complexity index is 847. The summed E-state index contributed by atoms with van der Waals surface area (Å²) in [6.07, 6.45) is 1.28. The standard InChI is InChI=1S/C19H19NO7/c1-25-15-9-12(10-16(26-2)17(15)27-3)18(22)20-14(19(23)24)8-11-4-6-13(21)7-5-11/h4-10,21H,1-3H3,(H,20,22)(H,23,24)/b14-8+. The molecule has 3 N–H and O–H groups in total. The van der Waals surface area contributed by atoms with E-state index in [1.165, 1.54) is 63.8 Å². The number of ether oxygens (including phenoxy) is 3. The van der Waals surface area contributed by atoms with Crippen LogP contribution < -0.4 is 19.5 Å². The minimum atomic E-state index is -1.32. The summed E-state index contributed by atoms with van der Waals surface area (Å²) < 4.78 is 15.6. The highest BCUT2D eigenvalue weighted by atomic mass is 16.5. The lowest BCUT2D eigenvalue weighted by Crippen LogP contribution is -2.27. The molecule has 0 unspecified atom stereocenters. The Kier molecular flexibility index (Phi) is 6.27. The highest BCUT2D eigenvalue weighted by Crippen LogP contribution is 2.38. The predicted octanol–water partition coefficient (Wildman–Crippen LogP) is 2.27. The Balaban J connectivity index is 2.35. The van der Waals surface area contributed by atoms with Gasteiger partial charge in [-0.05, 0) is 35.9 Å². The number of methoxy groups -OCH3 is 3. The van der Waals surface area contributed by atoms with Crippen molar-refractivity contribution in [3.63, 3.8) is 0 Å². The van der Waals surface area contributed by atoms with E-state index in [4.69, 9.17) is 14.2 Å². The molecule has 2 aromatic carbocycles. The first-order valence-electron chi connectivity index (χ1n) is 7.75. The van der Waals surface area contributed by atoms with Crippen LogP contribution in [0.5, 0.6) is 23.0 Å². The summed E-state index contributed by atoms with van der Waals surface area (Å²) in [6, 6.07) is 8.68. The van der Waals surface area contributed by atoms with Gasteiger partial charge in [0.2, 0.25) is 5.75 Å². The minimum Gasteiger partial charge on any atom is -0.508 e.